The highest BCUT2D eigenvalue weighted by molar-refractivity contribution is 5.83. The second kappa shape index (κ2) is 8.53. The van der Waals surface area contributed by atoms with Crippen molar-refractivity contribution >= 4 is 17.0 Å². The van der Waals surface area contributed by atoms with Gasteiger partial charge in [0.2, 0.25) is 0 Å². The quantitative estimate of drug-likeness (QED) is 0.664. The lowest BCUT2D eigenvalue weighted by atomic mass is 10.1. The predicted octanol–water partition coefficient (Wildman–Crippen LogP) is 3.37. The lowest BCUT2D eigenvalue weighted by molar-refractivity contribution is 0.300. The van der Waals surface area contributed by atoms with Gasteiger partial charge in [-0.05, 0) is 24.0 Å². The second-order valence-corrected chi connectivity index (χ2v) is 5.88. The number of anilines is 1. The molecule has 4 bridgehead atoms. The van der Waals surface area contributed by atoms with Crippen molar-refractivity contribution in [2.24, 2.45) is 0 Å². The molecule has 4 rings (SSSR count). The van der Waals surface area contributed by atoms with Crippen molar-refractivity contribution in [3.8, 4) is 12.0 Å². The molecule has 0 atom stereocenters. The Balaban J connectivity index is 0.00000102. The predicted molar refractivity (Wildman–Crippen MR) is 106 cm³/mol. The SMILES string of the molecule is CC.COc1nc2c(N)nc3nc2n1Cc1cccc(c1)C/C=C\CCO3. The number of hydrogen-bond donors (Lipinski definition) is 1. The van der Waals surface area contributed by atoms with Crippen molar-refractivity contribution in [2.45, 2.75) is 33.2 Å². The van der Waals surface area contributed by atoms with Crippen LogP contribution in [0.1, 0.15) is 31.4 Å². The van der Waals surface area contributed by atoms with Crippen molar-refractivity contribution in [2.75, 3.05) is 19.5 Å². The van der Waals surface area contributed by atoms with Gasteiger partial charge in [-0.1, -0.05) is 50.3 Å². The molecule has 0 unspecified atom stereocenters. The van der Waals surface area contributed by atoms with E-state index >= 15 is 0 Å². The van der Waals surface area contributed by atoms with E-state index in [9.17, 15) is 0 Å². The van der Waals surface area contributed by atoms with Crippen LogP contribution in [0.5, 0.6) is 12.0 Å². The van der Waals surface area contributed by atoms with Gasteiger partial charge in [0, 0.05) is 0 Å². The molecule has 0 aliphatic carbocycles. The maximum absolute atomic E-state index is 6.05. The van der Waals surface area contributed by atoms with Crippen LogP contribution in [0.15, 0.2) is 36.4 Å². The lowest BCUT2D eigenvalue weighted by Gasteiger charge is -2.10. The standard InChI is InChI=1S/C18H19N5O2.C2H6/c1-24-18-20-14-15(19)21-17-22-16(14)23(18)11-13-8-5-7-12(10-13)6-3-2-4-9-25-17;1-2/h2-3,5,7-8,10H,4,6,9,11H2,1H3,(H2,19,21,22);1-2H3/b3-2-;. The molecule has 142 valence electrons. The third-order valence-electron chi connectivity index (χ3n) is 4.12. The van der Waals surface area contributed by atoms with E-state index in [0.717, 1.165) is 18.4 Å². The minimum atomic E-state index is 0.257. The van der Waals surface area contributed by atoms with Gasteiger partial charge >= 0.3 is 6.01 Å². The Morgan fingerprint density at radius 3 is 2.74 bits per heavy atom. The van der Waals surface area contributed by atoms with E-state index in [1.54, 1.807) is 7.11 Å². The number of hydrogen-bond acceptors (Lipinski definition) is 6. The minimum absolute atomic E-state index is 0.257. The minimum Gasteiger partial charge on any atom is -0.468 e. The first-order valence-electron chi connectivity index (χ1n) is 9.18. The number of fused-ring (bicyclic) bond motifs is 3. The Kier molecular flexibility index (Phi) is 5.90. The number of methoxy groups -OCH3 is 1. The van der Waals surface area contributed by atoms with Gasteiger partial charge in [0.1, 0.15) is 0 Å². The molecular formula is C20H25N5O2. The van der Waals surface area contributed by atoms with Crippen LogP contribution in [0.25, 0.3) is 11.2 Å². The number of imidazole rings is 1. The fourth-order valence-corrected chi connectivity index (χ4v) is 2.94. The summed E-state index contributed by atoms with van der Waals surface area (Å²) in [5, 5.41) is 0. The molecule has 0 saturated heterocycles. The molecule has 1 aliphatic heterocycles. The zero-order chi connectivity index (χ0) is 19.2. The van der Waals surface area contributed by atoms with Crippen LogP contribution in [0, 0.1) is 0 Å². The van der Waals surface area contributed by atoms with Gasteiger partial charge in [0.15, 0.2) is 17.0 Å². The van der Waals surface area contributed by atoms with Crippen LogP contribution in [0.3, 0.4) is 0 Å². The first-order chi connectivity index (χ1) is 13.2. The molecule has 0 saturated carbocycles. The highest BCUT2D eigenvalue weighted by Crippen LogP contribution is 2.26. The number of ether oxygens (including phenoxy) is 2. The molecule has 2 N–H and O–H groups in total. The number of benzene rings is 1. The van der Waals surface area contributed by atoms with Gasteiger partial charge < -0.3 is 15.2 Å². The van der Waals surface area contributed by atoms with Gasteiger partial charge in [0.25, 0.3) is 6.01 Å². The first-order valence-corrected chi connectivity index (χ1v) is 9.18. The van der Waals surface area contributed by atoms with Crippen LogP contribution < -0.4 is 15.2 Å². The average Bonchev–Trinajstić information content (AvgIpc) is 3.04. The maximum Gasteiger partial charge on any atom is 0.320 e. The molecule has 2 aromatic heterocycles. The zero-order valence-electron chi connectivity index (χ0n) is 16.0. The third-order valence-corrected chi connectivity index (χ3v) is 4.12. The van der Waals surface area contributed by atoms with Crippen LogP contribution in [0.2, 0.25) is 0 Å². The Bertz CT molecular complexity index is 949. The lowest BCUT2D eigenvalue weighted by Crippen LogP contribution is -2.07. The fourth-order valence-electron chi connectivity index (χ4n) is 2.94. The number of nitrogens with two attached hydrogens (primary N) is 1. The molecule has 1 aliphatic rings. The highest BCUT2D eigenvalue weighted by Gasteiger charge is 2.18. The third kappa shape index (κ3) is 4.02. The molecule has 7 heteroatoms. The van der Waals surface area contributed by atoms with E-state index in [2.05, 4.69) is 51.4 Å². The van der Waals surface area contributed by atoms with Crippen molar-refractivity contribution in [1.82, 2.24) is 19.5 Å². The number of allylic oxidation sites excluding steroid dienone is 1. The average molecular weight is 367 g/mol. The van der Waals surface area contributed by atoms with Crippen molar-refractivity contribution < 1.29 is 9.47 Å². The summed E-state index contributed by atoms with van der Waals surface area (Å²) in [4.78, 5) is 13.1. The highest BCUT2D eigenvalue weighted by atomic mass is 16.5. The summed E-state index contributed by atoms with van der Waals surface area (Å²) in [6, 6.07) is 9.15. The number of nitrogen functional groups attached to an aromatic ring is 1. The summed E-state index contributed by atoms with van der Waals surface area (Å²) in [5.74, 6) is 0.286. The Morgan fingerprint density at radius 2 is 1.93 bits per heavy atom. The van der Waals surface area contributed by atoms with Gasteiger partial charge in [-0.2, -0.15) is 15.0 Å². The monoisotopic (exact) mass is 367 g/mol. The van der Waals surface area contributed by atoms with Crippen LogP contribution in [0.4, 0.5) is 5.82 Å². The summed E-state index contributed by atoms with van der Waals surface area (Å²) in [6.07, 6.45) is 5.92. The molecule has 27 heavy (non-hydrogen) atoms. The smallest absolute Gasteiger partial charge is 0.320 e. The van der Waals surface area contributed by atoms with E-state index in [-0.39, 0.29) is 11.8 Å². The Hall–Kier alpha value is -3.09. The summed E-state index contributed by atoms with van der Waals surface area (Å²) < 4.78 is 13.0. The van der Waals surface area contributed by atoms with E-state index in [1.165, 1.54) is 5.56 Å². The topological polar surface area (TPSA) is 88.1 Å². The molecule has 0 radical (unpaired) electrons. The summed E-state index contributed by atoms with van der Waals surface area (Å²) in [6.45, 7) is 5.07. The number of nitrogens with zero attached hydrogens (tertiary/aromatic N) is 4. The maximum atomic E-state index is 6.05. The zero-order valence-corrected chi connectivity index (χ0v) is 16.0. The van der Waals surface area contributed by atoms with Crippen LogP contribution in [-0.2, 0) is 13.0 Å². The number of rotatable bonds is 1. The van der Waals surface area contributed by atoms with Crippen molar-refractivity contribution in [3.05, 3.63) is 47.5 Å². The molecule has 7 nitrogen and oxygen atoms in total. The molecule has 1 aromatic carbocycles. The molecule has 3 heterocycles. The van der Waals surface area contributed by atoms with Crippen LogP contribution in [-0.4, -0.2) is 33.2 Å². The van der Waals surface area contributed by atoms with Gasteiger partial charge in [0.05, 0.1) is 20.3 Å². The fraction of sp³-hybridized carbons (Fsp3) is 0.350. The van der Waals surface area contributed by atoms with Crippen molar-refractivity contribution in [1.29, 1.82) is 0 Å². The molecule has 0 fully saturated rings. The molecule has 0 amide bonds. The number of aromatic nitrogens is 4. The van der Waals surface area contributed by atoms with Gasteiger partial charge in [-0.15, -0.1) is 0 Å². The second-order valence-electron chi connectivity index (χ2n) is 5.88. The Morgan fingerprint density at radius 1 is 1.11 bits per heavy atom. The first kappa shape index (κ1) is 18.7. The van der Waals surface area contributed by atoms with E-state index < -0.39 is 0 Å². The largest absolute Gasteiger partial charge is 0.468 e. The Labute approximate surface area is 158 Å². The van der Waals surface area contributed by atoms with Gasteiger partial charge in [-0.25, -0.2) is 0 Å². The molecular weight excluding hydrogens is 342 g/mol. The summed E-state index contributed by atoms with van der Waals surface area (Å²) in [7, 11) is 1.58. The van der Waals surface area contributed by atoms with Crippen LogP contribution >= 0.6 is 0 Å². The van der Waals surface area contributed by atoms with E-state index in [4.69, 9.17) is 15.2 Å². The summed E-state index contributed by atoms with van der Waals surface area (Å²) >= 11 is 0. The summed E-state index contributed by atoms with van der Waals surface area (Å²) in [5.41, 5.74) is 9.57. The van der Waals surface area contributed by atoms with E-state index in [0.29, 0.717) is 30.3 Å². The molecule has 0 spiro atoms. The normalized spacial score (nSPS) is 14.6. The molecule has 3 aromatic rings. The van der Waals surface area contributed by atoms with Gasteiger partial charge in [-0.3, -0.25) is 4.57 Å². The van der Waals surface area contributed by atoms with Crippen molar-refractivity contribution in [3.63, 3.8) is 0 Å². The van der Waals surface area contributed by atoms with E-state index in [1.807, 2.05) is 18.4 Å².